The van der Waals surface area contributed by atoms with Gasteiger partial charge in [-0.1, -0.05) is 17.7 Å². The fraction of sp³-hybridized carbons (Fsp3) is 0.133. The number of rotatable bonds is 4. The Labute approximate surface area is 107 Å². The van der Waals surface area contributed by atoms with Crippen LogP contribution in [0.4, 0.5) is 11.4 Å². The van der Waals surface area contributed by atoms with E-state index in [9.17, 15) is 0 Å². The van der Waals surface area contributed by atoms with E-state index in [4.69, 9.17) is 4.74 Å². The van der Waals surface area contributed by atoms with E-state index in [0.717, 1.165) is 17.1 Å². The third-order valence-corrected chi connectivity index (χ3v) is 2.57. The highest BCUT2D eigenvalue weighted by atomic mass is 16.5. The number of aryl methyl sites for hydroxylation is 1. The van der Waals surface area contributed by atoms with Gasteiger partial charge in [-0.3, -0.25) is 0 Å². The zero-order valence-corrected chi connectivity index (χ0v) is 10.6. The quantitative estimate of drug-likeness (QED) is 0.652. The molecule has 3 nitrogen and oxygen atoms in total. The van der Waals surface area contributed by atoms with Crippen LogP contribution in [0.5, 0.6) is 5.75 Å². The van der Waals surface area contributed by atoms with Gasteiger partial charge in [0.2, 0.25) is 0 Å². The zero-order chi connectivity index (χ0) is 12.8. The molecule has 0 saturated heterocycles. The van der Waals surface area contributed by atoms with Crippen molar-refractivity contribution in [2.75, 3.05) is 12.4 Å². The second-order valence-electron chi connectivity index (χ2n) is 3.97. The summed E-state index contributed by atoms with van der Waals surface area (Å²) in [5.74, 6) is 0.844. The summed E-state index contributed by atoms with van der Waals surface area (Å²) in [6.45, 7) is 2.06. The predicted molar refractivity (Wildman–Crippen MR) is 75.9 cm³/mol. The predicted octanol–water partition coefficient (Wildman–Crippen LogP) is 3.78. The van der Waals surface area contributed by atoms with Gasteiger partial charge in [-0.05, 0) is 43.3 Å². The molecule has 3 heteroatoms. The van der Waals surface area contributed by atoms with Crippen molar-refractivity contribution in [1.82, 2.24) is 0 Å². The summed E-state index contributed by atoms with van der Waals surface area (Å²) in [6, 6.07) is 15.8. The van der Waals surface area contributed by atoms with Gasteiger partial charge in [0.25, 0.3) is 0 Å². The van der Waals surface area contributed by atoms with Crippen LogP contribution in [0.1, 0.15) is 5.56 Å². The van der Waals surface area contributed by atoms with Crippen LogP contribution in [0.25, 0.3) is 0 Å². The van der Waals surface area contributed by atoms with E-state index in [-0.39, 0.29) is 0 Å². The molecule has 0 saturated carbocycles. The highest BCUT2D eigenvalue weighted by Crippen LogP contribution is 2.15. The summed E-state index contributed by atoms with van der Waals surface area (Å²) in [5, 5.41) is 3.11. The lowest BCUT2D eigenvalue weighted by atomic mass is 10.2. The molecule has 0 amide bonds. The van der Waals surface area contributed by atoms with Crippen LogP contribution in [-0.2, 0) is 0 Å². The standard InChI is InChI=1S/C15H16N2O/c1-12-3-5-13(6-4-12)16-11-17-14-7-9-15(18-2)10-8-14/h3-11H,1-2H3,(H,16,17). The number of aliphatic imine (C=N–C) groups is 1. The number of hydrogen-bond acceptors (Lipinski definition) is 2. The second kappa shape index (κ2) is 5.87. The number of anilines is 1. The number of benzene rings is 2. The number of ether oxygens (including phenoxy) is 1. The van der Waals surface area contributed by atoms with Crippen molar-refractivity contribution in [2.45, 2.75) is 6.92 Å². The van der Waals surface area contributed by atoms with E-state index in [0.29, 0.717) is 0 Å². The topological polar surface area (TPSA) is 33.6 Å². The molecule has 18 heavy (non-hydrogen) atoms. The Morgan fingerprint density at radius 1 is 1.00 bits per heavy atom. The molecular weight excluding hydrogens is 224 g/mol. The van der Waals surface area contributed by atoms with Gasteiger partial charge in [-0.2, -0.15) is 0 Å². The first kappa shape index (κ1) is 12.2. The lowest BCUT2D eigenvalue weighted by Gasteiger charge is -2.02. The Kier molecular flexibility index (Phi) is 3.97. The normalized spacial score (nSPS) is 10.6. The smallest absolute Gasteiger partial charge is 0.119 e. The van der Waals surface area contributed by atoms with Gasteiger partial charge < -0.3 is 10.1 Å². The molecule has 0 heterocycles. The molecule has 0 bridgehead atoms. The van der Waals surface area contributed by atoms with Gasteiger partial charge in [-0.25, -0.2) is 4.99 Å². The third-order valence-electron chi connectivity index (χ3n) is 2.57. The molecule has 0 atom stereocenters. The number of nitrogens with zero attached hydrogens (tertiary/aromatic N) is 1. The van der Waals surface area contributed by atoms with Gasteiger partial charge in [0.1, 0.15) is 5.75 Å². The van der Waals surface area contributed by atoms with Gasteiger partial charge in [0.15, 0.2) is 0 Å². The van der Waals surface area contributed by atoms with E-state index in [1.54, 1.807) is 13.4 Å². The lowest BCUT2D eigenvalue weighted by Crippen LogP contribution is -1.94. The Hall–Kier alpha value is -2.29. The average molecular weight is 240 g/mol. The highest BCUT2D eigenvalue weighted by molar-refractivity contribution is 5.77. The molecule has 1 N–H and O–H groups in total. The molecule has 2 rings (SSSR count). The molecule has 0 aliphatic carbocycles. The summed E-state index contributed by atoms with van der Waals surface area (Å²) in [5.41, 5.74) is 3.14. The van der Waals surface area contributed by atoms with Crippen molar-refractivity contribution in [3.05, 3.63) is 54.1 Å². The van der Waals surface area contributed by atoms with Crippen LogP contribution in [0.3, 0.4) is 0 Å². The van der Waals surface area contributed by atoms with Crippen LogP contribution in [0, 0.1) is 6.92 Å². The molecule has 0 fully saturated rings. The third kappa shape index (κ3) is 3.35. The fourth-order valence-electron chi connectivity index (χ4n) is 1.50. The van der Waals surface area contributed by atoms with Crippen molar-refractivity contribution in [3.8, 4) is 5.75 Å². The molecule has 92 valence electrons. The molecule has 0 radical (unpaired) electrons. The molecular formula is C15H16N2O. The largest absolute Gasteiger partial charge is 0.497 e. The Balaban J connectivity index is 1.95. The maximum Gasteiger partial charge on any atom is 0.119 e. The molecule has 0 aliphatic heterocycles. The van der Waals surface area contributed by atoms with E-state index in [2.05, 4.69) is 17.2 Å². The van der Waals surface area contributed by atoms with E-state index >= 15 is 0 Å². The molecule has 0 unspecified atom stereocenters. The second-order valence-corrected chi connectivity index (χ2v) is 3.97. The number of nitrogens with one attached hydrogen (secondary N) is 1. The zero-order valence-electron chi connectivity index (χ0n) is 10.6. The van der Waals surface area contributed by atoms with Crippen LogP contribution in [0.15, 0.2) is 53.5 Å². The maximum atomic E-state index is 5.09. The van der Waals surface area contributed by atoms with E-state index in [1.807, 2.05) is 48.5 Å². The molecule has 0 spiro atoms. The highest BCUT2D eigenvalue weighted by Gasteiger charge is 1.91. The first-order valence-corrected chi connectivity index (χ1v) is 5.78. The van der Waals surface area contributed by atoms with Crippen molar-refractivity contribution in [2.24, 2.45) is 4.99 Å². The first-order chi connectivity index (χ1) is 8.78. The summed E-state index contributed by atoms with van der Waals surface area (Å²) >= 11 is 0. The van der Waals surface area contributed by atoms with Crippen LogP contribution in [0.2, 0.25) is 0 Å². The summed E-state index contributed by atoms with van der Waals surface area (Å²) in [4.78, 5) is 4.32. The summed E-state index contributed by atoms with van der Waals surface area (Å²) in [7, 11) is 1.65. The van der Waals surface area contributed by atoms with Gasteiger partial charge >= 0.3 is 0 Å². The minimum Gasteiger partial charge on any atom is -0.497 e. The lowest BCUT2D eigenvalue weighted by molar-refractivity contribution is 0.415. The number of hydrogen-bond donors (Lipinski definition) is 1. The minimum absolute atomic E-state index is 0.844. The Morgan fingerprint density at radius 3 is 2.28 bits per heavy atom. The maximum absolute atomic E-state index is 5.09. The molecule has 2 aromatic rings. The van der Waals surface area contributed by atoms with Gasteiger partial charge in [0, 0.05) is 5.69 Å². The Morgan fingerprint density at radius 2 is 1.67 bits per heavy atom. The summed E-state index contributed by atoms with van der Waals surface area (Å²) in [6.07, 6.45) is 1.69. The molecule has 2 aromatic carbocycles. The van der Waals surface area contributed by atoms with Gasteiger partial charge in [0.05, 0.1) is 19.1 Å². The first-order valence-electron chi connectivity index (χ1n) is 5.78. The molecule has 0 aromatic heterocycles. The SMILES string of the molecule is COc1ccc(NC=Nc2ccc(C)cc2)cc1. The summed E-state index contributed by atoms with van der Waals surface area (Å²) < 4.78 is 5.09. The number of methoxy groups -OCH3 is 1. The van der Waals surface area contributed by atoms with Crippen molar-refractivity contribution < 1.29 is 4.74 Å². The van der Waals surface area contributed by atoms with E-state index in [1.165, 1.54) is 5.56 Å². The average Bonchev–Trinajstić information content (AvgIpc) is 2.42. The van der Waals surface area contributed by atoms with Crippen molar-refractivity contribution in [1.29, 1.82) is 0 Å². The van der Waals surface area contributed by atoms with Crippen LogP contribution in [-0.4, -0.2) is 13.4 Å². The van der Waals surface area contributed by atoms with Gasteiger partial charge in [-0.15, -0.1) is 0 Å². The van der Waals surface area contributed by atoms with Crippen LogP contribution >= 0.6 is 0 Å². The minimum atomic E-state index is 0.844. The Bertz CT molecular complexity index is 515. The van der Waals surface area contributed by atoms with Crippen molar-refractivity contribution in [3.63, 3.8) is 0 Å². The van der Waals surface area contributed by atoms with E-state index < -0.39 is 0 Å². The van der Waals surface area contributed by atoms with Crippen molar-refractivity contribution >= 4 is 17.7 Å². The molecule has 0 aliphatic rings. The van der Waals surface area contributed by atoms with Crippen LogP contribution < -0.4 is 10.1 Å². The fourth-order valence-corrected chi connectivity index (χ4v) is 1.50. The monoisotopic (exact) mass is 240 g/mol.